The Kier molecular flexibility index (Phi) is 3.31. The average molecular weight is 315 g/mol. The summed E-state index contributed by atoms with van der Waals surface area (Å²) in [4.78, 5) is 13.0. The van der Waals surface area contributed by atoms with Crippen LogP contribution >= 0.6 is 0 Å². The Labute approximate surface area is 139 Å². The number of carbonyl (C=O) groups excluding carboxylic acids is 1. The van der Waals surface area contributed by atoms with Gasteiger partial charge in [0.2, 0.25) is 0 Å². The van der Waals surface area contributed by atoms with Crippen molar-refractivity contribution in [2.45, 2.75) is 65.7 Å². The van der Waals surface area contributed by atoms with E-state index in [0.717, 1.165) is 37.8 Å². The molecule has 0 aromatic rings. The first-order valence-corrected chi connectivity index (χ1v) is 9.36. The maximum absolute atomic E-state index is 13.0. The van der Waals surface area contributed by atoms with Gasteiger partial charge in [0, 0.05) is 11.3 Å². The predicted molar refractivity (Wildman–Crippen MR) is 90.5 cm³/mol. The van der Waals surface area contributed by atoms with Gasteiger partial charge in [-0.3, -0.25) is 4.79 Å². The summed E-state index contributed by atoms with van der Waals surface area (Å²) in [6.07, 6.45) is 9.70. The predicted octanol–water partition coefficient (Wildman–Crippen LogP) is 4.59. The Morgan fingerprint density at radius 1 is 1.13 bits per heavy atom. The third-order valence-electron chi connectivity index (χ3n) is 8.05. The van der Waals surface area contributed by atoms with Gasteiger partial charge in [0.1, 0.15) is 0 Å². The molecule has 3 unspecified atom stereocenters. The molecule has 3 saturated carbocycles. The highest BCUT2D eigenvalue weighted by atomic mass is 16.4. The molecule has 3 fully saturated rings. The fourth-order valence-electron chi connectivity index (χ4n) is 6.54. The van der Waals surface area contributed by atoms with Gasteiger partial charge in [-0.25, -0.2) is 0 Å². The minimum Gasteiger partial charge on any atom is -0.411 e. The van der Waals surface area contributed by atoms with Gasteiger partial charge in [-0.15, -0.1) is 0 Å². The van der Waals surface area contributed by atoms with Gasteiger partial charge in [0.05, 0.1) is 5.71 Å². The number of oxime groups is 1. The quantitative estimate of drug-likeness (QED) is 0.525. The summed E-state index contributed by atoms with van der Waals surface area (Å²) >= 11 is 0. The number of rotatable bonds is 0. The van der Waals surface area contributed by atoms with Crippen LogP contribution in [-0.2, 0) is 4.79 Å². The van der Waals surface area contributed by atoms with E-state index in [4.69, 9.17) is 0 Å². The second-order valence-corrected chi connectivity index (χ2v) is 9.12. The molecule has 1 N–H and O–H groups in total. The molecule has 0 radical (unpaired) electrons. The summed E-state index contributed by atoms with van der Waals surface area (Å²) in [7, 11) is 0. The largest absolute Gasteiger partial charge is 0.411 e. The molecule has 4 rings (SSSR count). The normalized spacial score (nSPS) is 51.0. The van der Waals surface area contributed by atoms with Crippen molar-refractivity contribution in [3.05, 3.63) is 11.6 Å². The number of fused-ring (bicyclic) bond motifs is 5. The highest BCUT2D eigenvalue weighted by Crippen LogP contribution is 2.63. The second kappa shape index (κ2) is 4.94. The van der Waals surface area contributed by atoms with Gasteiger partial charge in [0.15, 0.2) is 5.78 Å². The lowest BCUT2D eigenvalue weighted by Crippen LogP contribution is -2.53. The number of hydrogen-bond acceptors (Lipinski definition) is 3. The Hall–Kier alpha value is -1.12. The summed E-state index contributed by atoms with van der Waals surface area (Å²) in [5, 5.41) is 13.0. The standard InChI is InChI=1S/C20H29NO2/c1-12-6-8-19(2)13(10-12)11-16(22)18-14-4-5-17(21-23)20(14,3)9-7-15(18)19/h11-12,14-15,18,23H,4-10H2,1-3H3/b21-17-/t12-,14?,15?,18?,19-,20-/m0/s1. The van der Waals surface area contributed by atoms with Crippen molar-refractivity contribution in [1.82, 2.24) is 0 Å². The zero-order chi connectivity index (χ0) is 16.4. The Bertz CT molecular complexity index is 607. The molecular formula is C20H29NO2. The molecule has 0 aromatic heterocycles. The zero-order valence-electron chi connectivity index (χ0n) is 14.6. The third kappa shape index (κ3) is 1.94. The van der Waals surface area contributed by atoms with Crippen molar-refractivity contribution < 1.29 is 10.0 Å². The minimum absolute atomic E-state index is 0.0603. The van der Waals surface area contributed by atoms with Gasteiger partial charge in [-0.2, -0.15) is 0 Å². The molecule has 0 aromatic carbocycles. The molecule has 6 atom stereocenters. The highest BCUT2D eigenvalue weighted by molar-refractivity contribution is 5.98. The molecule has 0 amide bonds. The molecule has 23 heavy (non-hydrogen) atoms. The van der Waals surface area contributed by atoms with E-state index in [0.29, 0.717) is 23.5 Å². The van der Waals surface area contributed by atoms with Crippen LogP contribution in [0.15, 0.2) is 16.8 Å². The number of carbonyl (C=O) groups is 1. The fraction of sp³-hybridized carbons (Fsp3) is 0.800. The van der Waals surface area contributed by atoms with Gasteiger partial charge in [-0.1, -0.05) is 31.5 Å². The summed E-state index contributed by atoms with van der Waals surface area (Å²) < 4.78 is 0. The van der Waals surface area contributed by atoms with E-state index in [-0.39, 0.29) is 16.7 Å². The summed E-state index contributed by atoms with van der Waals surface area (Å²) in [6, 6.07) is 0. The molecule has 0 spiro atoms. The first-order valence-electron chi connectivity index (χ1n) is 9.36. The van der Waals surface area contributed by atoms with E-state index in [9.17, 15) is 10.0 Å². The Morgan fingerprint density at radius 2 is 1.83 bits per heavy atom. The molecule has 4 aliphatic carbocycles. The van der Waals surface area contributed by atoms with Gasteiger partial charge >= 0.3 is 0 Å². The van der Waals surface area contributed by atoms with Crippen molar-refractivity contribution in [2.24, 2.45) is 39.7 Å². The molecule has 4 aliphatic rings. The van der Waals surface area contributed by atoms with Crippen molar-refractivity contribution in [3.63, 3.8) is 0 Å². The SMILES string of the molecule is C[C@H]1CC[C@@]2(C)C(=CC(=O)C3C2CC[C@]2(C)/C(=N\O)CCC32)C1. The van der Waals surface area contributed by atoms with E-state index < -0.39 is 0 Å². The minimum atomic E-state index is -0.0603. The fourth-order valence-corrected chi connectivity index (χ4v) is 6.54. The van der Waals surface area contributed by atoms with E-state index in [1.807, 2.05) is 6.08 Å². The maximum atomic E-state index is 13.0. The Balaban J connectivity index is 1.75. The lowest BCUT2D eigenvalue weighted by atomic mass is 9.47. The number of nitrogens with zero attached hydrogens (tertiary/aromatic N) is 1. The Morgan fingerprint density at radius 3 is 2.57 bits per heavy atom. The molecule has 0 aliphatic heterocycles. The van der Waals surface area contributed by atoms with Gasteiger partial charge in [-0.05, 0) is 74.2 Å². The maximum Gasteiger partial charge on any atom is 0.159 e. The summed E-state index contributed by atoms with van der Waals surface area (Å²) in [6.45, 7) is 6.97. The van der Waals surface area contributed by atoms with Crippen molar-refractivity contribution in [1.29, 1.82) is 0 Å². The van der Waals surface area contributed by atoms with Crippen LogP contribution in [0.5, 0.6) is 0 Å². The van der Waals surface area contributed by atoms with E-state index in [2.05, 4.69) is 25.9 Å². The van der Waals surface area contributed by atoms with Gasteiger partial charge in [0.25, 0.3) is 0 Å². The molecule has 0 saturated heterocycles. The monoisotopic (exact) mass is 315 g/mol. The van der Waals surface area contributed by atoms with Crippen LogP contribution < -0.4 is 0 Å². The topological polar surface area (TPSA) is 49.7 Å². The van der Waals surface area contributed by atoms with Crippen LogP contribution in [-0.4, -0.2) is 16.7 Å². The summed E-state index contributed by atoms with van der Waals surface area (Å²) in [5.74, 6) is 2.10. The van der Waals surface area contributed by atoms with Crippen LogP contribution in [0.25, 0.3) is 0 Å². The zero-order valence-corrected chi connectivity index (χ0v) is 14.6. The molecule has 0 heterocycles. The van der Waals surface area contributed by atoms with Crippen molar-refractivity contribution >= 4 is 11.5 Å². The van der Waals surface area contributed by atoms with Crippen LogP contribution in [0.2, 0.25) is 0 Å². The molecule has 0 bridgehead atoms. The molecule has 3 heteroatoms. The van der Waals surface area contributed by atoms with Crippen LogP contribution in [0, 0.1) is 34.5 Å². The number of allylic oxidation sites excluding steroid dienone is 2. The second-order valence-electron chi connectivity index (χ2n) is 9.12. The third-order valence-corrected chi connectivity index (χ3v) is 8.05. The summed E-state index contributed by atoms with van der Waals surface area (Å²) in [5.41, 5.74) is 2.53. The lowest BCUT2D eigenvalue weighted by Gasteiger charge is -2.56. The lowest BCUT2D eigenvalue weighted by molar-refractivity contribution is -0.131. The van der Waals surface area contributed by atoms with Crippen LogP contribution in [0.3, 0.4) is 0 Å². The van der Waals surface area contributed by atoms with Crippen LogP contribution in [0.1, 0.15) is 65.7 Å². The van der Waals surface area contributed by atoms with Crippen LogP contribution in [0.4, 0.5) is 0 Å². The first kappa shape index (κ1) is 15.4. The molecular weight excluding hydrogens is 286 g/mol. The highest BCUT2D eigenvalue weighted by Gasteiger charge is 2.60. The van der Waals surface area contributed by atoms with Crippen molar-refractivity contribution in [2.75, 3.05) is 0 Å². The smallest absolute Gasteiger partial charge is 0.159 e. The number of ketones is 1. The van der Waals surface area contributed by atoms with E-state index in [1.165, 1.54) is 18.4 Å². The van der Waals surface area contributed by atoms with Crippen molar-refractivity contribution in [3.8, 4) is 0 Å². The van der Waals surface area contributed by atoms with Gasteiger partial charge < -0.3 is 5.21 Å². The molecule has 3 nitrogen and oxygen atoms in total. The average Bonchev–Trinajstić information content (AvgIpc) is 2.85. The number of hydrogen-bond donors (Lipinski definition) is 1. The first-order chi connectivity index (χ1) is 10.9. The van der Waals surface area contributed by atoms with E-state index in [1.54, 1.807) is 0 Å². The van der Waals surface area contributed by atoms with E-state index >= 15 is 0 Å². The molecule has 126 valence electrons.